The standard InChI is InChI=1S/C22H21ClN4O2S3/c1-13(2)31-22-26-25-21(32-22)24-19(29)15-5-7-16(8-6-15)20-27(18(28)12-30-20)11-14-3-9-17(23)10-4-14/h3-10,13,20H,11-12H2,1-2H3,(H,24,25,29)/t20-/m0/s1. The van der Waals surface area contributed by atoms with Gasteiger partial charge in [0, 0.05) is 22.4 Å². The number of halogens is 1. The van der Waals surface area contributed by atoms with Crippen LogP contribution in [0.2, 0.25) is 5.02 Å². The molecule has 1 N–H and O–H groups in total. The van der Waals surface area contributed by atoms with Crippen molar-refractivity contribution in [3.05, 3.63) is 70.2 Å². The van der Waals surface area contributed by atoms with Crippen LogP contribution in [-0.2, 0) is 11.3 Å². The monoisotopic (exact) mass is 504 g/mol. The van der Waals surface area contributed by atoms with Crippen molar-refractivity contribution in [2.45, 2.75) is 35.4 Å². The van der Waals surface area contributed by atoms with E-state index in [9.17, 15) is 9.59 Å². The maximum absolute atomic E-state index is 12.6. The van der Waals surface area contributed by atoms with E-state index in [-0.39, 0.29) is 17.2 Å². The summed E-state index contributed by atoms with van der Waals surface area (Å²) in [6.07, 6.45) is 0. The van der Waals surface area contributed by atoms with Crippen molar-refractivity contribution in [1.82, 2.24) is 15.1 Å². The summed E-state index contributed by atoms with van der Waals surface area (Å²) in [6, 6.07) is 14.9. The molecule has 1 aliphatic heterocycles. The number of benzene rings is 2. The van der Waals surface area contributed by atoms with Crippen LogP contribution < -0.4 is 5.32 Å². The van der Waals surface area contributed by atoms with E-state index in [1.807, 2.05) is 41.3 Å². The second-order valence-corrected chi connectivity index (χ2v) is 11.7. The van der Waals surface area contributed by atoms with Crippen LogP contribution in [0.1, 0.15) is 40.7 Å². The van der Waals surface area contributed by atoms with E-state index in [2.05, 4.69) is 29.4 Å². The fourth-order valence-electron chi connectivity index (χ4n) is 3.17. The van der Waals surface area contributed by atoms with Gasteiger partial charge in [-0.2, -0.15) is 0 Å². The van der Waals surface area contributed by atoms with Crippen molar-refractivity contribution in [3.63, 3.8) is 0 Å². The number of carbonyl (C=O) groups is 2. The number of aromatic nitrogens is 2. The number of carbonyl (C=O) groups excluding carboxylic acids is 2. The lowest BCUT2D eigenvalue weighted by molar-refractivity contribution is -0.128. The molecule has 4 rings (SSSR count). The second-order valence-electron chi connectivity index (χ2n) is 7.43. The second kappa shape index (κ2) is 10.2. The Morgan fingerprint density at radius 1 is 1.19 bits per heavy atom. The molecule has 166 valence electrons. The number of amides is 2. The average Bonchev–Trinajstić information content (AvgIpc) is 3.35. The molecule has 2 aromatic carbocycles. The van der Waals surface area contributed by atoms with Crippen LogP contribution in [0.25, 0.3) is 0 Å². The van der Waals surface area contributed by atoms with Crippen LogP contribution in [0.5, 0.6) is 0 Å². The zero-order chi connectivity index (χ0) is 22.7. The SMILES string of the molecule is CC(C)Sc1nnc(NC(=O)c2ccc([C@@H]3SCC(=O)N3Cc3ccc(Cl)cc3)cc2)s1. The number of nitrogens with one attached hydrogen (secondary N) is 1. The number of rotatable bonds is 7. The molecule has 0 radical (unpaired) electrons. The molecular formula is C22H21ClN4O2S3. The van der Waals surface area contributed by atoms with Crippen LogP contribution in [0.4, 0.5) is 5.13 Å². The van der Waals surface area contributed by atoms with Gasteiger partial charge >= 0.3 is 0 Å². The highest BCUT2D eigenvalue weighted by molar-refractivity contribution is 8.01. The number of hydrogen-bond acceptors (Lipinski definition) is 7. The van der Waals surface area contributed by atoms with Crippen molar-refractivity contribution >= 4 is 63.4 Å². The fourth-order valence-corrected chi connectivity index (χ4v) is 6.45. The molecular weight excluding hydrogens is 484 g/mol. The van der Waals surface area contributed by atoms with Crippen molar-refractivity contribution in [3.8, 4) is 0 Å². The molecule has 0 unspecified atom stereocenters. The van der Waals surface area contributed by atoms with Gasteiger partial charge in [0.25, 0.3) is 5.91 Å². The average molecular weight is 505 g/mol. The molecule has 1 saturated heterocycles. The molecule has 2 amide bonds. The van der Waals surface area contributed by atoms with Gasteiger partial charge in [0.15, 0.2) is 4.34 Å². The summed E-state index contributed by atoms with van der Waals surface area (Å²) in [7, 11) is 0. The molecule has 0 bridgehead atoms. The van der Waals surface area contributed by atoms with E-state index in [1.165, 1.54) is 11.3 Å². The van der Waals surface area contributed by atoms with E-state index in [0.29, 0.717) is 33.3 Å². The molecule has 1 fully saturated rings. The first-order valence-electron chi connectivity index (χ1n) is 9.96. The summed E-state index contributed by atoms with van der Waals surface area (Å²) in [6.45, 7) is 4.68. The van der Waals surface area contributed by atoms with Gasteiger partial charge in [-0.3, -0.25) is 14.9 Å². The lowest BCUT2D eigenvalue weighted by Gasteiger charge is -2.24. The molecule has 0 aliphatic carbocycles. The fraction of sp³-hybridized carbons (Fsp3) is 0.273. The van der Waals surface area contributed by atoms with Gasteiger partial charge in [0.1, 0.15) is 5.37 Å². The van der Waals surface area contributed by atoms with Crippen molar-refractivity contribution in [2.75, 3.05) is 11.1 Å². The van der Waals surface area contributed by atoms with E-state index in [4.69, 9.17) is 11.6 Å². The number of nitrogens with zero attached hydrogens (tertiary/aromatic N) is 3. The summed E-state index contributed by atoms with van der Waals surface area (Å²) in [5.74, 6) is 0.305. The highest BCUT2D eigenvalue weighted by Gasteiger charge is 2.32. The molecule has 0 saturated carbocycles. The Morgan fingerprint density at radius 2 is 1.91 bits per heavy atom. The molecule has 1 aliphatic rings. The Labute approximate surface area is 204 Å². The molecule has 10 heteroatoms. The van der Waals surface area contributed by atoms with E-state index < -0.39 is 0 Å². The molecule has 3 aromatic rings. The normalized spacial score (nSPS) is 16.1. The highest BCUT2D eigenvalue weighted by atomic mass is 35.5. The van der Waals surface area contributed by atoms with Gasteiger partial charge in [-0.25, -0.2) is 0 Å². The van der Waals surface area contributed by atoms with E-state index in [1.54, 1.807) is 35.7 Å². The summed E-state index contributed by atoms with van der Waals surface area (Å²) in [5.41, 5.74) is 2.54. The first-order chi connectivity index (χ1) is 15.4. The van der Waals surface area contributed by atoms with Crippen LogP contribution in [-0.4, -0.2) is 37.9 Å². The van der Waals surface area contributed by atoms with Gasteiger partial charge in [-0.1, -0.05) is 72.8 Å². The molecule has 1 aromatic heterocycles. The summed E-state index contributed by atoms with van der Waals surface area (Å²) in [5, 5.41) is 12.4. The first-order valence-corrected chi connectivity index (χ1v) is 13.1. The Balaban J connectivity index is 1.42. The van der Waals surface area contributed by atoms with Gasteiger partial charge in [-0.15, -0.1) is 22.0 Å². The molecule has 32 heavy (non-hydrogen) atoms. The van der Waals surface area contributed by atoms with Gasteiger partial charge in [0.05, 0.1) is 5.75 Å². The number of thioether (sulfide) groups is 2. The molecule has 2 heterocycles. The maximum atomic E-state index is 12.6. The third-order valence-corrected chi connectivity index (χ3v) is 8.09. The van der Waals surface area contributed by atoms with E-state index in [0.717, 1.165) is 15.5 Å². The van der Waals surface area contributed by atoms with Crippen LogP contribution in [0.15, 0.2) is 52.9 Å². The van der Waals surface area contributed by atoms with Crippen LogP contribution in [0, 0.1) is 0 Å². The predicted octanol–water partition coefficient (Wildman–Crippen LogP) is 5.72. The van der Waals surface area contributed by atoms with Crippen LogP contribution in [0.3, 0.4) is 0 Å². The molecule has 6 nitrogen and oxygen atoms in total. The lowest BCUT2D eigenvalue weighted by Crippen LogP contribution is -2.27. The topological polar surface area (TPSA) is 75.2 Å². The quantitative estimate of drug-likeness (QED) is 0.327. The zero-order valence-corrected chi connectivity index (χ0v) is 20.7. The predicted molar refractivity (Wildman–Crippen MR) is 132 cm³/mol. The number of anilines is 1. The zero-order valence-electron chi connectivity index (χ0n) is 17.4. The lowest BCUT2D eigenvalue weighted by atomic mass is 10.1. The molecule has 0 spiro atoms. The van der Waals surface area contributed by atoms with Gasteiger partial charge in [-0.05, 0) is 35.4 Å². The minimum Gasteiger partial charge on any atom is -0.322 e. The third-order valence-electron chi connectivity index (χ3n) is 4.66. The Morgan fingerprint density at radius 3 is 2.59 bits per heavy atom. The Kier molecular flexibility index (Phi) is 7.40. The summed E-state index contributed by atoms with van der Waals surface area (Å²) in [4.78, 5) is 26.9. The number of hydrogen-bond donors (Lipinski definition) is 1. The summed E-state index contributed by atoms with van der Waals surface area (Å²) >= 11 is 10.5. The highest BCUT2D eigenvalue weighted by Crippen LogP contribution is 2.39. The van der Waals surface area contributed by atoms with E-state index >= 15 is 0 Å². The third kappa shape index (κ3) is 5.64. The van der Waals surface area contributed by atoms with Crippen LogP contribution >= 0.6 is 46.5 Å². The minimum absolute atomic E-state index is 0.0888. The molecule has 1 atom stereocenters. The Hall–Kier alpha value is -2.07. The van der Waals surface area contributed by atoms with Crippen molar-refractivity contribution in [2.24, 2.45) is 0 Å². The van der Waals surface area contributed by atoms with Gasteiger partial charge in [0.2, 0.25) is 11.0 Å². The minimum atomic E-state index is -0.234. The smallest absolute Gasteiger partial charge is 0.257 e. The van der Waals surface area contributed by atoms with Gasteiger partial charge < -0.3 is 4.90 Å². The largest absolute Gasteiger partial charge is 0.322 e. The first kappa shape index (κ1) is 23.1. The van der Waals surface area contributed by atoms with Crippen molar-refractivity contribution < 1.29 is 9.59 Å². The summed E-state index contributed by atoms with van der Waals surface area (Å²) < 4.78 is 0.828. The maximum Gasteiger partial charge on any atom is 0.257 e. The Bertz CT molecular complexity index is 1100. The van der Waals surface area contributed by atoms with Crippen molar-refractivity contribution in [1.29, 1.82) is 0 Å².